The molecule has 1 saturated heterocycles. The van der Waals surface area contributed by atoms with Gasteiger partial charge in [0.1, 0.15) is 5.76 Å². The van der Waals surface area contributed by atoms with E-state index in [-0.39, 0.29) is 30.2 Å². The number of carbonyl (C=O) groups is 1. The number of nitrogens with one attached hydrogen (secondary N) is 1. The number of hydrogen-bond donors (Lipinski definition) is 1. The molecule has 1 fully saturated rings. The van der Waals surface area contributed by atoms with E-state index >= 15 is 0 Å². The minimum absolute atomic E-state index is 0.0502. The van der Waals surface area contributed by atoms with Gasteiger partial charge in [0.15, 0.2) is 5.41 Å². The van der Waals surface area contributed by atoms with E-state index in [1.807, 2.05) is 12.2 Å². The van der Waals surface area contributed by atoms with E-state index in [0.717, 1.165) is 18.4 Å². The molecule has 1 N–H and O–H groups in total. The van der Waals surface area contributed by atoms with E-state index in [4.69, 9.17) is 4.42 Å². The normalized spacial score (nSPS) is 24.0. The zero-order chi connectivity index (χ0) is 18.7. The molecule has 2 bridgehead atoms. The Kier molecular flexibility index (Phi) is 4.82. The Balaban J connectivity index is 1.98. The van der Waals surface area contributed by atoms with Crippen LogP contribution < -0.4 is 5.32 Å². The molecule has 2 unspecified atom stereocenters. The molecular weight excluding hydrogens is 330 g/mol. The number of nitriles is 2. The Morgan fingerprint density at radius 2 is 2.23 bits per heavy atom. The van der Waals surface area contributed by atoms with Gasteiger partial charge in [-0.15, -0.1) is 5.73 Å². The number of fused-ring (bicyclic) bond motifs is 2. The molecule has 0 aromatic carbocycles. The van der Waals surface area contributed by atoms with Crippen LogP contribution >= 0.6 is 0 Å². The molecule has 3 rings (SSSR count). The highest BCUT2D eigenvalue weighted by Crippen LogP contribution is 2.43. The highest BCUT2D eigenvalue weighted by Gasteiger charge is 2.46. The molecule has 1 aromatic heterocycles. The van der Waals surface area contributed by atoms with Gasteiger partial charge >= 0.3 is 5.97 Å². The standard InChI is InChI=1S/C20H19N3O3/c1-3-4-15-16(9-13-5-7-17(15)23-13)20(11-21,12-22)10-14-6-8-18(26-14)19(24)25-2/h4,6,8-9,13,15,17,23H,1,5,7,10H2,2H3/t13?,15-,17?/m1/s1. The third-order valence-corrected chi connectivity index (χ3v) is 5.05. The van der Waals surface area contributed by atoms with Crippen molar-refractivity contribution in [1.82, 2.24) is 5.32 Å². The molecule has 0 saturated carbocycles. The second-order valence-electron chi connectivity index (χ2n) is 6.54. The van der Waals surface area contributed by atoms with Crippen molar-refractivity contribution in [3.05, 3.63) is 53.7 Å². The highest BCUT2D eigenvalue weighted by molar-refractivity contribution is 5.86. The second kappa shape index (κ2) is 7.06. The molecule has 0 spiro atoms. The lowest BCUT2D eigenvalue weighted by Gasteiger charge is -2.34. The first-order chi connectivity index (χ1) is 12.6. The van der Waals surface area contributed by atoms with E-state index in [9.17, 15) is 15.3 Å². The van der Waals surface area contributed by atoms with Gasteiger partial charge in [-0.3, -0.25) is 0 Å². The second-order valence-corrected chi connectivity index (χ2v) is 6.54. The monoisotopic (exact) mass is 349 g/mol. The minimum Gasteiger partial charge on any atom is -0.463 e. The zero-order valence-corrected chi connectivity index (χ0v) is 14.5. The van der Waals surface area contributed by atoms with Crippen LogP contribution in [0.5, 0.6) is 0 Å². The van der Waals surface area contributed by atoms with Gasteiger partial charge in [-0.05, 0) is 36.6 Å². The van der Waals surface area contributed by atoms with E-state index in [0.29, 0.717) is 5.76 Å². The van der Waals surface area contributed by atoms with Crippen molar-refractivity contribution >= 4 is 5.97 Å². The van der Waals surface area contributed by atoms with Crippen LogP contribution in [0, 0.1) is 34.0 Å². The lowest BCUT2D eigenvalue weighted by atomic mass is 9.70. The van der Waals surface area contributed by atoms with Crippen LogP contribution in [-0.2, 0) is 11.2 Å². The molecule has 6 heteroatoms. The summed E-state index contributed by atoms with van der Waals surface area (Å²) in [5.41, 5.74) is 2.17. The molecule has 0 aliphatic carbocycles. The van der Waals surface area contributed by atoms with Crippen LogP contribution in [0.3, 0.4) is 0 Å². The Bertz CT molecular complexity index is 863. The van der Waals surface area contributed by atoms with Gasteiger partial charge in [0.05, 0.1) is 19.2 Å². The summed E-state index contributed by atoms with van der Waals surface area (Å²) < 4.78 is 10.1. The SMILES string of the molecule is C=C=C[C@@H]1C(C(C#N)(C#N)Cc2ccc(C(=O)OC)o2)=CC2CCC1N2. The highest BCUT2D eigenvalue weighted by atomic mass is 16.5. The molecular formula is C20H19N3O3. The largest absolute Gasteiger partial charge is 0.463 e. The van der Waals surface area contributed by atoms with E-state index in [1.165, 1.54) is 13.2 Å². The van der Waals surface area contributed by atoms with E-state index in [1.54, 1.807) is 6.07 Å². The molecule has 0 radical (unpaired) electrons. The summed E-state index contributed by atoms with van der Waals surface area (Å²) in [4.78, 5) is 11.6. The van der Waals surface area contributed by atoms with Crippen molar-refractivity contribution in [1.29, 1.82) is 10.5 Å². The average molecular weight is 349 g/mol. The van der Waals surface area contributed by atoms with Crippen LogP contribution in [0.2, 0.25) is 0 Å². The van der Waals surface area contributed by atoms with Crippen molar-refractivity contribution in [3.63, 3.8) is 0 Å². The lowest BCUT2D eigenvalue weighted by Crippen LogP contribution is -2.43. The number of methoxy groups -OCH3 is 1. The van der Waals surface area contributed by atoms with Crippen molar-refractivity contribution in [2.45, 2.75) is 31.3 Å². The van der Waals surface area contributed by atoms with Gasteiger partial charge in [0.25, 0.3) is 0 Å². The Morgan fingerprint density at radius 3 is 2.88 bits per heavy atom. The van der Waals surface area contributed by atoms with Crippen LogP contribution in [0.15, 0.2) is 46.6 Å². The van der Waals surface area contributed by atoms with Gasteiger partial charge in [0.2, 0.25) is 5.76 Å². The maximum atomic E-state index is 11.6. The Morgan fingerprint density at radius 1 is 1.46 bits per heavy atom. The molecule has 0 amide bonds. The summed E-state index contributed by atoms with van der Waals surface area (Å²) in [6.07, 6.45) is 5.79. The molecule has 6 nitrogen and oxygen atoms in total. The molecule has 2 aliphatic heterocycles. The maximum absolute atomic E-state index is 11.6. The maximum Gasteiger partial charge on any atom is 0.373 e. The van der Waals surface area contributed by atoms with Crippen molar-refractivity contribution < 1.29 is 13.9 Å². The number of ether oxygens (including phenoxy) is 1. The van der Waals surface area contributed by atoms with E-state index in [2.05, 4.69) is 34.5 Å². The van der Waals surface area contributed by atoms with Gasteiger partial charge < -0.3 is 14.5 Å². The summed E-state index contributed by atoms with van der Waals surface area (Å²) >= 11 is 0. The van der Waals surface area contributed by atoms with E-state index < -0.39 is 11.4 Å². The number of esters is 1. The third kappa shape index (κ3) is 2.97. The number of hydrogen-bond acceptors (Lipinski definition) is 6. The van der Waals surface area contributed by atoms with Gasteiger partial charge in [0, 0.05) is 24.4 Å². The van der Waals surface area contributed by atoms with Crippen molar-refractivity contribution in [2.24, 2.45) is 11.3 Å². The summed E-state index contributed by atoms with van der Waals surface area (Å²) in [5.74, 6) is -0.279. The summed E-state index contributed by atoms with van der Waals surface area (Å²) in [6.45, 7) is 3.65. The predicted octanol–water partition coefficient (Wildman–Crippen LogP) is 2.66. The van der Waals surface area contributed by atoms with Crippen LogP contribution in [0.4, 0.5) is 0 Å². The Labute approximate surface area is 152 Å². The number of nitrogens with zero attached hydrogens (tertiary/aromatic N) is 2. The third-order valence-electron chi connectivity index (χ3n) is 5.05. The predicted molar refractivity (Wildman–Crippen MR) is 92.6 cm³/mol. The van der Waals surface area contributed by atoms with Gasteiger partial charge in [-0.25, -0.2) is 4.79 Å². The summed E-state index contributed by atoms with van der Waals surface area (Å²) in [7, 11) is 1.27. The molecule has 3 heterocycles. The zero-order valence-electron chi connectivity index (χ0n) is 14.5. The molecule has 2 aliphatic rings. The summed E-state index contributed by atoms with van der Waals surface area (Å²) in [6, 6.07) is 7.80. The molecule has 26 heavy (non-hydrogen) atoms. The number of furan rings is 1. The number of rotatable bonds is 5. The fourth-order valence-corrected chi connectivity index (χ4v) is 3.80. The molecule has 3 atom stereocenters. The van der Waals surface area contributed by atoms with Crippen LogP contribution in [0.1, 0.15) is 29.2 Å². The molecule has 132 valence electrons. The Hall–Kier alpha value is -3.05. The quantitative estimate of drug-likeness (QED) is 0.498. The van der Waals surface area contributed by atoms with Gasteiger partial charge in [-0.2, -0.15) is 10.5 Å². The number of carbonyl (C=O) groups excluding carboxylic acids is 1. The summed E-state index contributed by atoms with van der Waals surface area (Å²) in [5, 5.41) is 23.3. The first-order valence-corrected chi connectivity index (χ1v) is 8.40. The lowest BCUT2D eigenvalue weighted by molar-refractivity contribution is 0.0562. The van der Waals surface area contributed by atoms with Crippen molar-refractivity contribution in [2.75, 3.05) is 7.11 Å². The molecule has 1 aromatic rings. The first kappa shape index (κ1) is 17.8. The smallest absolute Gasteiger partial charge is 0.373 e. The fraction of sp³-hybridized carbons (Fsp3) is 0.400. The van der Waals surface area contributed by atoms with Crippen LogP contribution in [0.25, 0.3) is 0 Å². The topological polar surface area (TPSA) is 99.1 Å². The first-order valence-electron chi connectivity index (χ1n) is 8.40. The fourth-order valence-electron chi connectivity index (χ4n) is 3.80. The average Bonchev–Trinajstić information content (AvgIpc) is 3.29. The van der Waals surface area contributed by atoms with Crippen LogP contribution in [-0.4, -0.2) is 25.2 Å². The van der Waals surface area contributed by atoms with Gasteiger partial charge in [-0.1, -0.05) is 12.7 Å². The van der Waals surface area contributed by atoms with Crippen molar-refractivity contribution in [3.8, 4) is 12.1 Å². The minimum atomic E-state index is -1.38.